The number of hydrogen-bond donors (Lipinski definition) is 3. The monoisotopic (exact) mass is 302 g/mol. The lowest BCUT2D eigenvalue weighted by Crippen LogP contribution is -2.31. The first-order valence-electron chi connectivity index (χ1n) is 7.13. The zero-order chi connectivity index (χ0) is 14.8. The van der Waals surface area contributed by atoms with Crippen LogP contribution in [0.2, 0.25) is 0 Å². The first kappa shape index (κ1) is 17.5. The minimum absolute atomic E-state index is 0.250. The van der Waals surface area contributed by atoms with E-state index in [0.717, 1.165) is 31.5 Å². The summed E-state index contributed by atoms with van der Waals surface area (Å²) in [5.41, 5.74) is 2.91. The Bertz CT molecular complexity index is 358. The lowest BCUT2D eigenvalue weighted by molar-refractivity contribution is 0.0384. The molecule has 1 aromatic rings. The summed E-state index contributed by atoms with van der Waals surface area (Å²) < 4.78 is 5.47. The number of aliphatic hydroxyl groups excluding tert-OH is 2. The van der Waals surface area contributed by atoms with E-state index in [2.05, 4.69) is 10.3 Å². The van der Waals surface area contributed by atoms with Crippen LogP contribution in [-0.4, -0.2) is 53.7 Å². The fraction of sp³-hybridized carbons (Fsp3) is 0.786. The molecule has 1 aromatic heterocycles. The van der Waals surface area contributed by atoms with Crippen LogP contribution in [0, 0.1) is 6.92 Å². The standard InChI is InChI=1S/C14H26N2O3S/c1-11(17)4-3-6-15-8-13(18)9-19-7-5-14-12(2)16-10-20-14/h10-11,13,15,17-18H,3-9H2,1-2H3. The van der Waals surface area contributed by atoms with E-state index in [9.17, 15) is 5.11 Å². The van der Waals surface area contributed by atoms with E-state index >= 15 is 0 Å². The second-order valence-electron chi connectivity index (χ2n) is 5.04. The Morgan fingerprint density at radius 1 is 1.45 bits per heavy atom. The Morgan fingerprint density at radius 3 is 2.90 bits per heavy atom. The summed E-state index contributed by atoms with van der Waals surface area (Å²) in [6.07, 6.45) is 1.82. The smallest absolute Gasteiger partial charge is 0.0897 e. The van der Waals surface area contributed by atoms with Crippen LogP contribution in [0.15, 0.2) is 5.51 Å². The van der Waals surface area contributed by atoms with Gasteiger partial charge in [0.05, 0.1) is 36.6 Å². The van der Waals surface area contributed by atoms with Crippen LogP contribution in [0.5, 0.6) is 0 Å². The second-order valence-corrected chi connectivity index (χ2v) is 5.97. The Morgan fingerprint density at radius 2 is 2.25 bits per heavy atom. The van der Waals surface area contributed by atoms with Gasteiger partial charge in [0.2, 0.25) is 0 Å². The van der Waals surface area contributed by atoms with Crippen molar-refractivity contribution < 1.29 is 14.9 Å². The van der Waals surface area contributed by atoms with E-state index in [-0.39, 0.29) is 6.10 Å². The topological polar surface area (TPSA) is 74.6 Å². The molecule has 0 aliphatic heterocycles. The summed E-state index contributed by atoms with van der Waals surface area (Å²) in [7, 11) is 0. The van der Waals surface area contributed by atoms with Crippen molar-refractivity contribution in [3.05, 3.63) is 16.1 Å². The molecule has 5 nitrogen and oxygen atoms in total. The molecule has 3 N–H and O–H groups in total. The molecule has 6 heteroatoms. The lowest BCUT2D eigenvalue weighted by atomic mass is 10.2. The van der Waals surface area contributed by atoms with Crippen LogP contribution in [-0.2, 0) is 11.2 Å². The van der Waals surface area contributed by atoms with Crippen molar-refractivity contribution in [3.8, 4) is 0 Å². The van der Waals surface area contributed by atoms with Crippen molar-refractivity contribution in [3.63, 3.8) is 0 Å². The molecule has 0 amide bonds. The summed E-state index contributed by atoms with van der Waals surface area (Å²) in [4.78, 5) is 5.43. The third kappa shape index (κ3) is 7.91. The molecule has 20 heavy (non-hydrogen) atoms. The molecule has 1 heterocycles. The number of aryl methyl sites for hydroxylation is 1. The molecule has 0 spiro atoms. The van der Waals surface area contributed by atoms with Gasteiger partial charge in [-0.1, -0.05) is 0 Å². The molecule has 0 aromatic carbocycles. The molecule has 0 saturated heterocycles. The highest BCUT2D eigenvalue weighted by atomic mass is 32.1. The molecule has 0 fully saturated rings. The van der Waals surface area contributed by atoms with E-state index in [1.807, 2.05) is 12.4 Å². The van der Waals surface area contributed by atoms with Crippen LogP contribution in [0.3, 0.4) is 0 Å². The second kappa shape index (κ2) is 10.2. The zero-order valence-electron chi connectivity index (χ0n) is 12.3. The molecular formula is C14H26N2O3S. The molecule has 0 bridgehead atoms. The molecule has 0 radical (unpaired) electrons. The molecular weight excluding hydrogens is 276 g/mol. The fourth-order valence-corrected chi connectivity index (χ4v) is 2.56. The quantitative estimate of drug-likeness (QED) is 0.534. The molecule has 0 saturated carbocycles. The first-order valence-corrected chi connectivity index (χ1v) is 8.01. The molecule has 0 aliphatic carbocycles. The van der Waals surface area contributed by atoms with Gasteiger partial charge >= 0.3 is 0 Å². The van der Waals surface area contributed by atoms with Gasteiger partial charge in [0, 0.05) is 17.8 Å². The van der Waals surface area contributed by atoms with Crippen molar-refractivity contribution in [1.82, 2.24) is 10.3 Å². The molecule has 1 rings (SSSR count). The summed E-state index contributed by atoms with van der Waals surface area (Å²) in [5.74, 6) is 0. The van der Waals surface area contributed by atoms with Gasteiger partial charge in [0.15, 0.2) is 0 Å². The van der Waals surface area contributed by atoms with Crippen molar-refractivity contribution in [2.45, 2.75) is 45.3 Å². The summed E-state index contributed by atoms with van der Waals surface area (Å²) in [5, 5.41) is 22.0. The van der Waals surface area contributed by atoms with Gasteiger partial charge in [-0.15, -0.1) is 11.3 Å². The molecule has 2 unspecified atom stereocenters. The number of aromatic nitrogens is 1. The van der Waals surface area contributed by atoms with E-state index in [4.69, 9.17) is 9.84 Å². The van der Waals surface area contributed by atoms with Crippen molar-refractivity contribution in [1.29, 1.82) is 0 Å². The fourth-order valence-electron chi connectivity index (χ4n) is 1.80. The minimum atomic E-state index is -0.482. The predicted molar refractivity (Wildman–Crippen MR) is 81.2 cm³/mol. The van der Waals surface area contributed by atoms with Crippen molar-refractivity contribution >= 4 is 11.3 Å². The van der Waals surface area contributed by atoms with Crippen LogP contribution >= 0.6 is 11.3 Å². The van der Waals surface area contributed by atoms with Crippen LogP contribution < -0.4 is 5.32 Å². The maximum atomic E-state index is 9.72. The number of thiazole rings is 1. The van der Waals surface area contributed by atoms with Gasteiger partial charge < -0.3 is 20.3 Å². The average Bonchev–Trinajstić information content (AvgIpc) is 2.79. The van der Waals surface area contributed by atoms with Crippen molar-refractivity contribution in [2.24, 2.45) is 0 Å². The number of rotatable bonds is 11. The number of aliphatic hydroxyl groups is 2. The highest BCUT2D eigenvalue weighted by Gasteiger charge is 2.05. The van der Waals surface area contributed by atoms with Gasteiger partial charge in [0.1, 0.15) is 0 Å². The van der Waals surface area contributed by atoms with Crippen LogP contribution in [0.1, 0.15) is 30.3 Å². The normalized spacial score (nSPS) is 14.4. The van der Waals surface area contributed by atoms with E-state index < -0.39 is 6.10 Å². The SMILES string of the molecule is Cc1ncsc1CCOCC(O)CNCCCC(C)O. The molecule has 0 aliphatic rings. The Balaban J connectivity index is 1.95. The number of nitrogens with zero attached hydrogens (tertiary/aromatic N) is 1. The maximum absolute atomic E-state index is 9.72. The van der Waals surface area contributed by atoms with E-state index in [1.165, 1.54) is 4.88 Å². The zero-order valence-corrected chi connectivity index (χ0v) is 13.2. The summed E-state index contributed by atoms with van der Waals surface area (Å²) in [6, 6.07) is 0. The minimum Gasteiger partial charge on any atom is -0.393 e. The largest absolute Gasteiger partial charge is 0.393 e. The predicted octanol–water partition coefficient (Wildman–Crippen LogP) is 1.12. The number of hydrogen-bond acceptors (Lipinski definition) is 6. The third-order valence-corrected chi connectivity index (χ3v) is 3.98. The summed E-state index contributed by atoms with van der Waals surface area (Å²) >= 11 is 1.64. The van der Waals surface area contributed by atoms with Gasteiger partial charge in [-0.3, -0.25) is 0 Å². The van der Waals surface area contributed by atoms with Crippen molar-refractivity contribution in [2.75, 3.05) is 26.3 Å². The number of ether oxygens (including phenoxy) is 1. The van der Waals surface area contributed by atoms with Gasteiger partial charge in [0.25, 0.3) is 0 Å². The Labute approximate surface area is 125 Å². The molecule has 2 atom stereocenters. The highest BCUT2D eigenvalue weighted by Crippen LogP contribution is 2.12. The van der Waals surface area contributed by atoms with Crippen LogP contribution in [0.4, 0.5) is 0 Å². The lowest BCUT2D eigenvalue weighted by Gasteiger charge is -2.12. The first-order chi connectivity index (χ1) is 9.59. The third-order valence-electron chi connectivity index (χ3n) is 2.98. The van der Waals surface area contributed by atoms with E-state index in [1.54, 1.807) is 18.3 Å². The van der Waals surface area contributed by atoms with Gasteiger partial charge in [-0.05, 0) is 33.2 Å². The molecule has 116 valence electrons. The van der Waals surface area contributed by atoms with Gasteiger partial charge in [-0.25, -0.2) is 4.98 Å². The highest BCUT2D eigenvalue weighted by molar-refractivity contribution is 7.09. The maximum Gasteiger partial charge on any atom is 0.0897 e. The average molecular weight is 302 g/mol. The number of nitrogens with one attached hydrogen (secondary N) is 1. The Kier molecular flexibility index (Phi) is 8.97. The van der Waals surface area contributed by atoms with Crippen LogP contribution in [0.25, 0.3) is 0 Å². The summed E-state index contributed by atoms with van der Waals surface area (Å²) in [6.45, 7) is 6.08. The van der Waals surface area contributed by atoms with Gasteiger partial charge in [-0.2, -0.15) is 0 Å². The Hall–Kier alpha value is -0.530. The van der Waals surface area contributed by atoms with E-state index in [0.29, 0.717) is 19.8 Å².